The number of aromatic nitrogens is 2. The lowest BCUT2D eigenvalue weighted by molar-refractivity contribution is 0.379. The fourth-order valence-electron chi connectivity index (χ4n) is 2.22. The maximum atomic E-state index is 4.61. The highest BCUT2D eigenvalue weighted by Gasteiger charge is 2.35. The molecule has 1 aromatic rings. The zero-order chi connectivity index (χ0) is 13.9. The molecule has 2 N–H and O–H groups in total. The number of rotatable bonds is 6. The zero-order valence-electron chi connectivity index (χ0n) is 12.3. The molecule has 0 bridgehead atoms. The molecule has 1 aliphatic carbocycles. The van der Waals surface area contributed by atoms with Gasteiger partial charge in [-0.15, -0.1) is 0 Å². The molecule has 1 saturated carbocycles. The molecule has 0 aromatic carbocycles. The molecule has 5 heteroatoms. The summed E-state index contributed by atoms with van der Waals surface area (Å²) >= 11 is 1.98. The first-order chi connectivity index (χ1) is 9.08. The minimum atomic E-state index is 0.340. The second-order valence-corrected chi connectivity index (χ2v) is 6.77. The lowest BCUT2D eigenvalue weighted by Gasteiger charge is -2.40. The van der Waals surface area contributed by atoms with Crippen LogP contribution >= 0.6 is 11.8 Å². The summed E-state index contributed by atoms with van der Waals surface area (Å²) in [5, 5.41) is 6.60. The molecule has 106 valence electrons. The number of nitrogens with one attached hydrogen (secondary N) is 2. The SMILES string of the molecule is CNc1cc(NCC2(SC)CCC2)nc(C(C)C)n1. The van der Waals surface area contributed by atoms with E-state index in [1.165, 1.54) is 19.3 Å². The van der Waals surface area contributed by atoms with Crippen molar-refractivity contribution >= 4 is 23.4 Å². The van der Waals surface area contributed by atoms with Gasteiger partial charge in [-0.2, -0.15) is 11.8 Å². The molecular weight excluding hydrogens is 256 g/mol. The Bertz CT molecular complexity index is 424. The van der Waals surface area contributed by atoms with Crippen LogP contribution in [-0.4, -0.2) is 34.6 Å². The Hall–Kier alpha value is -0.970. The van der Waals surface area contributed by atoms with Gasteiger partial charge in [0.05, 0.1) is 0 Å². The third-order valence-corrected chi connectivity index (χ3v) is 5.22. The highest BCUT2D eigenvalue weighted by atomic mass is 32.2. The van der Waals surface area contributed by atoms with Gasteiger partial charge in [-0.3, -0.25) is 0 Å². The highest BCUT2D eigenvalue weighted by molar-refractivity contribution is 8.00. The summed E-state index contributed by atoms with van der Waals surface area (Å²) in [6, 6.07) is 1.98. The van der Waals surface area contributed by atoms with E-state index in [1.54, 1.807) is 0 Å². The van der Waals surface area contributed by atoms with Gasteiger partial charge in [0.25, 0.3) is 0 Å². The summed E-state index contributed by atoms with van der Waals surface area (Å²) in [6.45, 7) is 5.23. The summed E-state index contributed by atoms with van der Waals surface area (Å²) in [4.78, 5) is 9.09. The molecule has 4 nitrogen and oxygen atoms in total. The molecular formula is C14H24N4S. The maximum absolute atomic E-state index is 4.61. The Labute approximate surface area is 120 Å². The van der Waals surface area contributed by atoms with Crippen LogP contribution in [0.2, 0.25) is 0 Å². The molecule has 2 rings (SSSR count). The van der Waals surface area contributed by atoms with Crippen LogP contribution in [0.15, 0.2) is 6.07 Å². The molecule has 1 fully saturated rings. The Morgan fingerprint density at radius 3 is 2.47 bits per heavy atom. The van der Waals surface area contributed by atoms with Crippen LogP contribution in [-0.2, 0) is 0 Å². The molecule has 0 atom stereocenters. The third kappa shape index (κ3) is 3.32. The Kier molecular flexibility index (Phi) is 4.55. The summed E-state index contributed by atoms with van der Waals surface area (Å²) in [5.74, 6) is 3.05. The Morgan fingerprint density at radius 1 is 1.32 bits per heavy atom. The molecule has 19 heavy (non-hydrogen) atoms. The minimum absolute atomic E-state index is 0.340. The molecule has 1 aliphatic rings. The van der Waals surface area contributed by atoms with Crippen molar-refractivity contribution in [1.29, 1.82) is 0 Å². The van der Waals surface area contributed by atoms with Crippen molar-refractivity contribution in [2.24, 2.45) is 0 Å². The standard InChI is InChI=1S/C14H24N4S/c1-10(2)13-17-11(15-3)8-12(18-13)16-9-14(19-4)6-5-7-14/h8,10H,5-7,9H2,1-4H3,(H2,15,16,17,18). The Balaban J connectivity index is 2.08. The van der Waals surface area contributed by atoms with Crippen molar-refractivity contribution in [3.63, 3.8) is 0 Å². The van der Waals surface area contributed by atoms with Crippen molar-refractivity contribution < 1.29 is 0 Å². The van der Waals surface area contributed by atoms with E-state index in [0.29, 0.717) is 10.7 Å². The molecule has 0 unspecified atom stereocenters. The van der Waals surface area contributed by atoms with Crippen LogP contribution in [0.5, 0.6) is 0 Å². The van der Waals surface area contributed by atoms with Crippen molar-refractivity contribution in [3.05, 3.63) is 11.9 Å². The predicted molar refractivity (Wildman–Crippen MR) is 84.3 cm³/mol. The quantitative estimate of drug-likeness (QED) is 0.837. The van der Waals surface area contributed by atoms with Gasteiger partial charge in [-0.1, -0.05) is 20.3 Å². The number of anilines is 2. The molecule has 1 aromatic heterocycles. The molecule has 0 amide bonds. The van der Waals surface area contributed by atoms with Gasteiger partial charge in [-0.05, 0) is 19.1 Å². The molecule has 0 saturated heterocycles. The van der Waals surface area contributed by atoms with E-state index in [0.717, 1.165) is 24.0 Å². The van der Waals surface area contributed by atoms with Gasteiger partial charge in [0.2, 0.25) is 0 Å². The van der Waals surface area contributed by atoms with E-state index in [4.69, 9.17) is 0 Å². The normalized spacial score (nSPS) is 17.1. The van der Waals surface area contributed by atoms with E-state index in [-0.39, 0.29) is 0 Å². The van der Waals surface area contributed by atoms with Gasteiger partial charge in [0, 0.05) is 30.3 Å². The first-order valence-corrected chi connectivity index (χ1v) is 8.17. The minimum Gasteiger partial charge on any atom is -0.373 e. The van der Waals surface area contributed by atoms with Crippen molar-refractivity contribution in [2.45, 2.75) is 43.8 Å². The fraction of sp³-hybridized carbons (Fsp3) is 0.714. The maximum Gasteiger partial charge on any atom is 0.135 e. The van der Waals surface area contributed by atoms with Crippen molar-refractivity contribution in [2.75, 3.05) is 30.5 Å². The van der Waals surface area contributed by atoms with E-state index in [1.807, 2.05) is 24.9 Å². The summed E-state index contributed by atoms with van der Waals surface area (Å²) in [5.41, 5.74) is 0. The fourth-order valence-corrected chi connectivity index (χ4v) is 3.13. The van der Waals surface area contributed by atoms with E-state index >= 15 is 0 Å². The Morgan fingerprint density at radius 2 is 2.00 bits per heavy atom. The summed E-state index contributed by atoms with van der Waals surface area (Å²) in [7, 11) is 1.89. The van der Waals surface area contributed by atoms with Crippen molar-refractivity contribution in [1.82, 2.24) is 9.97 Å². The summed E-state index contributed by atoms with van der Waals surface area (Å²) < 4.78 is 0.419. The molecule has 0 radical (unpaired) electrons. The van der Waals surface area contributed by atoms with Gasteiger partial charge in [0.15, 0.2) is 0 Å². The number of thioether (sulfide) groups is 1. The van der Waals surface area contributed by atoms with Gasteiger partial charge < -0.3 is 10.6 Å². The molecule has 0 spiro atoms. The summed E-state index contributed by atoms with van der Waals surface area (Å²) in [6.07, 6.45) is 6.18. The average molecular weight is 280 g/mol. The largest absolute Gasteiger partial charge is 0.373 e. The van der Waals surface area contributed by atoms with Crippen LogP contribution in [0.4, 0.5) is 11.6 Å². The van der Waals surface area contributed by atoms with Crippen molar-refractivity contribution in [3.8, 4) is 0 Å². The van der Waals surface area contributed by atoms with Gasteiger partial charge in [-0.25, -0.2) is 9.97 Å². The van der Waals surface area contributed by atoms with Crippen LogP contribution in [0, 0.1) is 0 Å². The lowest BCUT2D eigenvalue weighted by Crippen LogP contribution is -2.40. The second-order valence-electron chi connectivity index (χ2n) is 5.50. The number of nitrogens with zero attached hydrogens (tertiary/aromatic N) is 2. The third-order valence-electron chi connectivity index (χ3n) is 3.81. The van der Waals surface area contributed by atoms with Crippen LogP contribution in [0.3, 0.4) is 0 Å². The zero-order valence-corrected chi connectivity index (χ0v) is 13.1. The predicted octanol–water partition coefficient (Wildman–Crippen LogP) is 3.34. The second kappa shape index (κ2) is 5.99. The van der Waals surface area contributed by atoms with Gasteiger partial charge >= 0.3 is 0 Å². The number of hydrogen-bond donors (Lipinski definition) is 2. The van der Waals surface area contributed by atoms with Crippen LogP contribution in [0.25, 0.3) is 0 Å². The average Bonchev–Trinajstić information content (AvgIpc) is 2.37. The van der Waals surface area contributed by atoms with Crippen LogP contribution < -0.4 is 10.6 Å². The molecule has 1 heterocycles. The topological polar surface area (TPSA) is 49.8 Å². The van der Waals surface area contributed by atoms with Gasteiger partial charge in [0.1, 0.15) is 17.5 Å². The lowest BCUT2D eigenvalue weighted by atomic mass is 9.84. The van der Waals surface area contributed by atoms with Crippen LogP contribution in [0.1, 0.15) is 44.9 Å². The first kappa shape index (κ1) is 14.4. The smallest absolute Gasteiger partial charge is 0.135 e. The number of hydrogen-bond acceptors (Lipinski definition) is 5. The van der Waals surface area contributed by atoms with E-state index in [2.05, 4.69) is 40.7 Å². The first-order valence-electron chi connectivity index (χ1n) is 6.94. The monoisotopic (exact) mass is 280 g/mol. The highest BCUT2D eigenvalue weighted by Crippen LogP contribution is 2.42. The van der Waals surface area contributed by atoms with E-state index < -0.39 is 0 Å². The van der Waals surface area contributed by atoms with E-state index in [9.17, 15) is 0 Å². The molecule has 0 aliphatic heterocycles.